The predicted octanol–water partition coefficient (Wildman–Crippen LogP) is 2.85. The second kappa shape index (κ2) is 4.32. The van der Waals surface area contributed by atoms with Crippen LogP contribution in [0.25, 0.3) is 0 Å². The van der Waals surface area contributed by atoms with Gasteiger partial charge in [-0.2, -0.15) is 11.3 Å². The number of carbonyl (C=O) groups excluding carboxylic acids is 1. The van der Waals surface area contributed by atoms with Crippen LogP contribution in [0.5, 0.6) is 5.75 Å². The van der Waals surface area contributed by atoms with E-state index in [9.17, 15) is 14.3 Å². The van der Waals surface area contributed by atoms with E-state index in [2.05, 4.69) is 5.32 Å². The number of amides is 1. The smallest absolute Gasteiger partial charge is 0.262 e. The quantitative estimate of drug-likeness (QED) is 0.843. The van der Waals surface area contributed by atoms with Crippen LogP contribution in [0, 0.1) is 5.82 Å². The summed E-state index contributed by atoms with van der Waals surface area (Å²) in [5, 5.41) is 15.4. The fraction of sp³-hybridized carbons (Fsp3) is 0. The SMILES string of the molecule is O=C(Nc1ccsc1)c1c(O)cccc1F. The highest BCUT2D eigenvalue weighted by Crippen LogP contribution is 2.21. The van der Waals surface area contributed by atoms with E-state index < -0.39 is 11.7 Å². The largest absolute Gasteiger partial charge is 0.507 e. The van der Waals surface area contributed by atoms with E-state index in [0.717, 1.165) is 6.07 Å². The van der Waals surface area contributed by atoms with Gasteiger partial charge in [0.05, 0.1) is 5.69 Å². The molecular formula is C11H8FNO2S. The zero-order valence-corrected chi connectivity index (χ0v) is 8.92. The number of anilines is 1. The first-order chi connectivity index (χ1) is 7.68. The van der Waals surface area contributed by atoms with Gasteiger partial charge in [-0.1, -0.05) is 6.07 Å². The molecule has 0 saturated heterocycles. The Kier molecular flexibility index (Phi) is 2.87. The van der Waals surface area contributed by atoms with Crippen LogP contribution in [0.15, 0.2) is 35.0 Å². The standard InChI is InChI=1S/C11H8FNO2S/c12-8-2-1-3-9(14)10(8)11(15)13-7-4-5-16-6-7/h1-6,14H,(H,13,15). The summed E-state index contributed by atoms with van der Waals surface area (Å²) in [6, 6.07) is 5.43. The first-order valence-corrected chi connectivity index (χ1v) is 5.44. The second-order valence-electron chi connectivity index (χ2n) is 3.10. The van der Waals surface area contributed by atoms with E-state index >= 15 is 0 Å². The minimum Gasteiger partial charge on any atom is -0.507 e. The van der Waals surface area contributed by atoms with Gasteiger partial charge in [0, 0.05) is 5.38 Å². The zero-order chi connectivity index (χ0) is 11.5. The fourth-order valence-corrected chi connectivity index (χ4v) is 1.85. The van der Waals surface area contributed by atoms with Gasteiger partial charge in [0.2, 0.25) is 0 Å². The highest BCUT2D eigenvalue weighted by atomic mass is 32.1. The van der Waals surface area contributed by atoms with Gasteiger partial charge >= 0.3 is 0 Å². The van der Waals surface area contributed by atoms with Gasteiger partial charge in [0.15, 0.2) is 0 Å². The Morgan fingerprint density at radius 1 is 1.38 bits per heavy atom. The van der Waals surface area contributed by atoms with Crippen molar-refractivity contribution in [1.82, 2.24) is 0 Å². The summed E-state index contributed by atoms with van der Waals surface area (Å²) in [6.07, 6.45) is 0. The Bertz CT molecular complexity index is 490. The van der Waals surface area contributed by atoms with E-state index in [-0.39, 0.29) is 11.3 Å². The summed E-state index contributed by atoms with van der Waals surface area (Å²) in [4.78, 5) is 11.6. The molecule has 0 aliphatic carbocycles. The third-order valence-electron chi connectivity index (χ3n) is 2.00. The van der Waals surface area contributed by atoms with E-state index in [1.165, 1.54) is 23.5 Å². The molecule has 82 valence electrons. The molecule has 2 rings (SSSR count). The van der Waals surface area contributed by atoms with E-state index in [1.54, 1.807) is 16.8 Å². The van der Waals surface area contributed by atoms with Crippen LogP contribution in [-0.4, -0.2) is 11.0 Å². The Labute approximate surface area is 95.2 Å². The second-order valence-corrected chi connectivity index (χ2v) is 3.88. The first-order valence-electron chi connectivity index (χ1n) is 4.49. The molecule has 0 aliphatic rings. The summed E-state index contributed by atoms with van der Waals surface area (Å²) in [7, 11) is 0. The summed E-state index contributed by atoms with van der Waals surface area (Å²) in [5.74, 6) is -1.77. The first kappa shape index (κ1) is 10.6. The van der Waals surface area contributed by atoms with Crippen molar-refractivity contribution in [2.45, 2.75) is 0 Å². The van der Waals surface area contributed by atoms with Gasteiger partial charge in [0.1, 0.15) is 17.1 Å². The number of hydrogen-bond donors (Lipinski definition) is 2. The van der Waals surface area contributed by atoms with Crippen molar-refractivity contribution >= 4 is 22.9 Å². The average Bonchev–Trinajstić information content (AvgIpc) is 2.70. The number of rotatable bonds is 2. The number of carbonyl (C=O) groups is 1. The number of halogens is 1. The number of phenolic OH excluding ortho intramolecular Hbond substituents is 1. The molecule has 0 fully saturated rings. The molecule has 1 heterocycles. The molecule has 0 aliphatic heterocycles. The van der Waals surface area contributed by atoms with Crippen LogP contribution in [0.1, 0.15) is 10.4 Å². The fourth-order valence-electron chi connectivity index (χ4n) is 1.27. The maximum Gasteiger partial charge on any atom is 0.262 e. The van der Waals surface area contributed by atoms with Crippen molar-refractivity contribution in [1.29, 1.82) is 0 Å². The molecule has 0 unspecified atom stereocenters. The van der Waals surface area contributed by atoms with Gasteiger partial charge in [-0.15, -0.1) is 0 Å². The predicted molar refractivity (Wildman–Crippen MR) is 60.3 cm³/mol. The molecule has 2 N–H and O–H groups in total. The van der Waals surface area contributed by atoms with E-state index in [4.69, 9.17) is 0 Å². The third-order valence-corrected chi connectivity index (χ3v) is 2.68. The van der Waals surface area contributed by atoms with Gasteiger partial charge in [-0.3, -0.25) is 4.79 Å². The van der Waals surface area contributed by atoms with Crippen molar-refractivity contribution < 1.29 is 14.3 Å². The van der Waals surface area contributed by atoms with Gasteiger partial charge in [0.25, 0.3) is 5.91 Å². The lowest BCUT2D eigenvalue weighted by Crippen LogP contribution is -2.13. The number of aromatic hydroxyl groups is 1. The lowest BCUT2D eigenvalue weighted by atomic mass is 10.1. The number of hydrogen-bond acceptors (Lipinski definition) is 3. The number of benzene rings is 1. The molecule has 3 nitrogen and oxygen atoms in total. The molecule has 0 bridgehead atoms. The Balaban J connectivity index is 2.28. The Morgan fingerprint density at radius 3 is 2.81 bits per heavy atom. The number of phenols is 1. The zero-order valence-electron chi connectivity index (χ0n) is 8.11. The van der Waals surface area contributed by atoms with Crippen molar-refractivity contribution in [3.05, 3.63) is 46.4 Å². The van der Waals surface area contributed by atoms with Crippen molar-refractivity contribution in [3.8, 4) is 5.75 Å². The minimum atomic E-state index is -0.743. The summed E-state index contributed by atoms with van der Waals surface area (Å²) in [6.45, 7) is 0. The van der Waals surface area contributed by atoms with Crippen molar-refractivity contribution in [2.75, 3.05) is 5.32 Å². The van der Waals surface area contributed by atoms with E-state index in [1.807, 2.05) is 0 Å². The van der Waals surface area contributed by atoms with Crippen LogP contribution in [0.4, 0.5) is 10.1 Å². The lowest BCUT2D eigenvalue weighted by Gasteiger charge is -2.05. The number of nitrogens with one attached hydrogen (secondary N) is 1. The maximum atomic E-state index is 13.3. The molecular weight excluding hydrogens is 229 g/mol. The molecule has 0 radical (unpaired) electrons. The molecule has 0 atom stereocenters. The van der Waals surface area contributed by atoms with Crippen LogP contribution < -0.4 is 5.32 Å². The normalized spacial score (nSPS) is 10.1. The minimum absolute atomic E-state index is 0.339. The molecule has 16 heavy (non-hydrogen) atoms. The topological polar surface area (TPSA) is 49.3 Å². The summed E-state index contributed by atoms with van der Waals surface area (Å²) in [5.41, 5.74) is 0.242. The van der Waals surface area contributed by atoms with Crippen LogP contribution in [0.3, 0.4) is 0 Å². The molecule has 0 spiro atoms. The average molecular weight is 237 g/mol. The molecule has 1 amide bonds. The molecule has 2 aromatic rings. The molecule has 1 aromatic carbocycles. The third kappa shape index (κ3) is 2.04. The van der Waals surface area contributed by atoms with Crippen LogP contribution in [-0.2, 0) is 0 Å². The molecule has 0 saturated carbocycles. The van der Waals surface area contributed by atoms with Gasteiger partial charge in [-0.25, -0.2) is 4.39 Å². The Hall–Kier alpha value is -1.88. The lowest BCUT2D eigenvalue weighted by molar-refractivity contribution is 0.102. The van der Waals surface area contributed by atoms with Crippen molar-refractivity contribution in [3.63, 3.8) is 0 Å². The monoisotopic (exact) mass is 237 g/mol. The van der Waals surface area contributed by atoms with Crippen LogP contribution in [0.2, 0.25) is 0 Å². The highest BCUT2D eigenvalue weighted by Gasteiger charge is 2.16. The summed E-state index contributed by atoms with van der Waals surface area (Å²) >= 11 is 1.41. The molecule has 1 aromatic heterocycles. The maximum absolute atomic E-state index is 13.3. The van der Waals surface area contributed by atoms with Crippen LogP contribution >= 0.6 is 11.3 Å². The van der Waals surface area contributed by atoms with Gasteiger partial charge in [-0.05, 0) is 23.6 Å². The molecule has 5 heteroatoms. The summed E-state index contributed by atoms with van der Waals surface area (Å²) < 4.78 is 13.3. The van der Waals surface area contributed by atoms with Gasteiger partial charge < -0.3 is 10.4 Å². The van der Waals surface area contributed by atoms with Crippen molar-refractivity contribution in [2.24, 2.45) is 0 Å². The van der Waals surface area contributed by atoms with E-state index in [0.29, 0.717) is 5.69 Å². The number of thiophene rings is 1. The Morgan fingerprint density at radius 2 is 2.19 bits per heavy atom. The highest BCUT2D eigenvalue weighted by molar-refractivity contribution is 7.08.